The summed E-state index contributed by atoms with van der Waals surface area (Å²) in [5, 5.41) is 5.51. The Morgan fingerprint density at radius 3 is 2.14 bits per heavy atom. The fourth-order valence-corrected chi connectivity index (χ4v) is 3.69. The minimum Gasteiger partial charge on any atom is -0.465 e. The Morgan fingerprint density at radius 1 is 0.833 bits per heavy atom. The number of carbonyl (C=O) groups excluding carboxylic acids is 3. The zero-order chi connectivity index (χ0) is 25.8. The smallest absolute Gasteiger partial charge is 0.306 e. The van der Waals surface area contributed by atoms with Crippen LogP contribution in [0.2, 0.25) is 0 Å². The summed E-state index contributed by atoms with van der Waals surface area (Å²) < 4.78 is 5.19. The van der Waals surface area contributed by atoms with Crippen LogP contribution in [0.5, 0.6) is 0 Å². The van der Waals surface area contributed by atoms with Gasteiger partial charge in [-0.25, -0.2) is 0 Å². The Kier molecular flexibility index (Phi) is 10.1. The Morgan fingerprint density at radius 2 is 1.44 bits per heavy atom. The van der Waals surface area contributed by atoms with Crippen LogP contribution in [0.3, 0.4) is 0 Å². The zero-order valence-corrected chi connectivity index (χ0v) is 20.9. The monoisotopic (exact) mass is 503 g/mol. The molecule has 2 amide bonds. The average molecular weight is 504 g/mol. The maximum atomic E-state index is 13.0. The van der Waals surface area contributed by atoms with E-state index in [9.17, 15) is 14.4 Å². The average Bonchev–Trinajstić information content (AvgIpc) is 2.88. The van der Waals surface area contributed by atoms with Crippen LogP contribution in [0.25, 0.3) is 0 Å². The highest BCUT2D eigenvalue weighted by Gasteiger charge is 2.17. The first-order valence-corrected chi connectivity index (χ1v) is 12.0. The number of nitrogens with zero attached hydrogens (tertiary/aromatic N) is 1. The van der Waals surface area contributed by atoms with E-state index in [1.54, 1.807) is 36.2 Å². The standard InChI is InChI=1S/C28H29N3O4S/c1-31(20-22-12-6-3-7-13-22)27(34)23-14-8-9-15-24(23)29-28(36)30-25(32)16-17-26(33)35-19-18-21-10-4-2-5-11-21/h2-15H,16-20H2,1H3,(H2,29,30,32,36). The number of benzene rings is 3. The number of para-hydroxylation sites is 1. The molecule has 0 atom stereocenters. The van der Waals surface area contributed by atoms with Crippen LogP contribution in [0.15, 0.2) is 84.9 Å². The summed E-state index contributed by atoms with van der Waals surface area (Å²) in [4.78, 5) is 38.8. The molecule has 186 valence electrons. The highest BCUT2D eigenvalue weighted by molar-refractivity contribution is 7.80. The summed E-state index contributed by atoms with van der Waals surface area (Å²) in [7, 11) is 1.73. The molecule has 0 fully saturated rings. The van der Waals surface area contributed by atoms with Crippen LogP contribution < -0.4 is 10.6 Å². The molecule has 8 heteroatoms. The van der Waals surface area contributed by atoms with Crippen molar-refractivity contribution in [1.29, 1.82) is 0 Å². The van der Waals surface area contributed by atoms with Gasteiger partial charge in [-0.3, -0.25) is 14.4 Å². The van der Waals surface area contributed by atoms with Crippen LogP contribution in [0.1, 0.15) is 34.3 Å². The summed E-state index contributed by atoms with van der Waals surface area (Å²) in [6.07, 6.45) is 0.500. The number of hydrogen-bond donors (Lipinski definition) is 2. The molecule has 0 saturated carbocycles. The Hall–Kier alpha value is -4.04. The second kappa shape index (κ2) is 13.7. The molecular formula is C28H29N3O4S. The molecule has 0 spiro atoms. The quantitative estimate of drug-likeness (QED) is 0.316. The number of amides is 2. The van der Waals surface area contributed by atoms with Crippen LogP contribution in [-0.4, -0.2) is 41.5 Å². The number of thiocarbonyl (C=S) groups is 1. The highest BCUT2D eigenvalue weighted by Crippen LogP contribution is 2.18. The molecule has 0 aliphatic carbocycles. The number of ether oxygens (including phenoxy) is 1. The molecule has 0 unspecified atom stereocenters. The minimum absolute atomic E-state index is 0.0448. The topological polar surface area (TPSA) is 87.7 Å². The number of carbonyl (C=O) groups is 3. The van der Waals surface area contributed by atoms with Crippen LogP contribution >= 0.6 is 12.2 Å². The lowest BCUT2D eigenvalue weighted by molar-refractivity contribution is -0.144. The lowest BCUT2D eigenvalue weighted by atomic mass is 10.1. The fraction of sp³-hybridized carbons (Fsp3) is 0.214. The normalized spacial score (nSPS) is 10.2. The molecule has 0 bridgehead atoms. The predicted molar refractivity (Wildman–Crippen MR) is 143 cm³/mol. The van der Waals surface area contributed by atoms with Gasteiger partial charge in [-0.05, 0) is 35.5 Å². The maximum absolute atomic E-state index is 13.0. The van der Waals surface area contributed by atoms with Gasteiger partial charge in [-0.2, -0.15) is 0 Å². The third kappa shape index (κ3) is 8.63. The minimum atomic E-state index is -0.447. The Balaban J connectivity index is 1.45. The predicted octanol–water partition coefficient (Wildman–Crippen LogP) is 4.34. The van der Waals surface area contributed by atoms with Gasteiger partial charge in [0.1, 0.15) is 0 Å². The lowest BCUT2D eigenvalue weighted by Crippen LogP contribution is -2.35. The third-order valence-corrected chi connectivity index (χ3v) is 5.52. The number of nitrogens with one attached hydrogen (secondary N) is 2. The third-order valence-electron chi connectivity index (χ3n) is 5.32. The largest absolute Gasteiger partial charge is 0.465 e. The van der Waals surface area contributed by atoms with Crippen molar-refractivity contribution in [3.05, 3.63) is 102 Å². The summed E-state index contributed by atoms with van der Waals surface area (Å²) >= 11 is 5.25. The SMILES string of the molecule is CN(Cc1ccccc1)C(=O)c1ccccc1NC(=S)NC(=O)CCC(=O)OCCc1ccccc1. The van der Waals surface area contributed by atoms with Crippen molar-refractivity contribution in [2.45, 2.75) is 25.8 Å². The Bertz CT molecular complexity index is 1190. The van der Waals surface area contributed by atoms with Crippen molar-refractivity contribution >= 4 is 40.8 Å². The fourth-order valence-electron chi connectivity index (χ4n) is 3.47. The van der Waals surface area contributed by atoms with Crippen LogP contribution in [-0.2, 0) is 27.3 Å². The first-order chi connectivity index (χ1) is 17.4. The molecule has 3 aromatic carbocycles. The van der Waals surface area contributed by atoms with E-state index in [-0.39, 0.29) is 30.5 Å². The number of hydrogen-bond acceptors (Lipinski definition) is 5. The van der Waals surface area contributed by atoms with Crippen molar-refractivity contribution < 1.29 is 19.1 Å². The molecule has 0 radical (unpaired) electrons. The van der Waals surface area contributed by atoms with Gasteiger partial charge in [-0.1, -0.05) is 72.8 Å². The van der Waals surface area contributed by atoms with E-state index < -0.39 is 11.9 Å². The highest BCUT2D eigenvalue weighted by atomic mass is 32.1. The van der Waals surface area contributed by atoms with Crippen molar-refractivity contribution in [3.63, 3.8) is 0 Å². The van der Waals surface area contributed by atoms with E-state index >= 15 is 0 Å². The number of rotatable bonds is 10. The van der Waals surface area contributed by atoms with Gasteiger partial charge in [0, 0.05) is 26.4 Å². The van der Waals surface area contributed by atoms with Gasteiger partial charge in [0.15, 0.2) is 5.11 Å². The van der Waals surface area contributed by atoms with Gasteiger partial charge in [0.2, 0.25) is 5.91 Å². The van der Waals surface area contributed by atoms with Crippen molar-refractivity contribution in [2.24, 2.45) is 0 Å². The number of anilines is 1. The van der Waals surface area contributed by atoms with Crippen molar-refractivity contribution in [3.8, 4) is 0 Å². The molecule has 0 saturated heterocycles. The maximum Gasteiger partial charge on any atom is 0.306 e. The molecule has 36 heavy (non-hydrogen) atoms. The molecule has 2 N–H and O–H groups in total. The van der Waals surface area contributed by atoms with E-state index in [1.807, 2.05) is 60.7 Å². The lowest BCUT2D eigenvalue weighted by Gasteiger charge is -2.20. The summed E-state index contributed by atoms with van der Waals surface area (Å²) in [6.45, 7) is 0.713. The van der Waals surface area contributed by atoms with Gasteiger partial charge in [-0.15, -0.1) is 0 Å². The summed E-state index contributed by atoms with van der Waals surface area (Å²) in [5.41, 5.74) is 2.99. The molecule has 0 aliphatic heterocycles. The van der Waals surface area contributed by atoms with E-state index in [0.717, 1.165) is 11.1 Å². The molecule has 3 aromatic rings. The molecule has 7 nitrogen and oxygen atoms in total. The van der Waals surface area contributed by atoms with E-state index in [2.05, 4.69) is 10.6 Å². The zero-order valence-electron chi connectivity index (χ0n) is 20.1. The summed E-state index contributed by atoms with van der Waals surface area (Å²) in [6, 6.07) is 26.3. The molecule has 0 heterocycles. The van der Waals surface area contributed by atoms with E-state index in [0.29, 0.717) is 24.2 Å². The van der Waals surface area contributed by atoms with Gasteiger partial charge in [0.25, 0.3) is 5.91 Å². The van der Waals surface area contributed by atoms with E-state index in [4.69, 9.17) is 17.0 Å². The molecule has 0 aromatic heterocycles. The van der Waals surface area contributed by atoms with Crippen LogP contribution in [0.4, 0.5) is 5.69 Å². The first-order valence-electron chi connectivity index (χ1n) is 11.6. The van der Waals surface area contributed by atoms with Crippen LogP contribution in [0, 0.1) is 0 Å². The second-order valence-electron chi connectivity index (χ2n) is 8.15. The summed E-state index contributed by atoms with van der Waals surface area (Å²) in [5.74, 6) is -1.05. The number of esters is 1. The molecular weight excluding hydrogens is 474 g/mol. The van der Waals surface area contributed by atoms with E-state index in [1.165, 1.54) is 0 Å². The molecule has 3 rings (SSSR count). The van der Waals surface area contributed by atoms with Gasteiger partial charge >= 0.3 is 5.97 Å². The Labute approximate surface area is 216 Å². The van der Waals surface area contributed by atoms with Gasteiger partial charge in [0.05, 0.1) is 24.3 Å². The van der Waals surface area contributed by atoms with Crippen molar-refractivity contribution in [1.82, 2.24) is 10.2 Å². The second-order valence-corrected chi connectivity index (χ2v) is 8.56. The van der Waals surface area contributed by atoms with Gasteiger partial charge < -0.3 is 20.3 Å². The molecule has 0 aliphatic rings. The first kappa shape index (κ1) is 26.6. The van der Waals surface area contributed by atoms with Crippen molar-refractivity contribution in [2.75, 3.05) is 19.0 Å².